The number of anilines is 1. The first kappa shape index (κ1) is 23.7. The van der Waals surface area contributed by atoms with Gasteiger partial charge in [-0.2, -0.15) is 0 Å². The van der Waals surface area contributed by atoms with Gasteiger partial charge in [0.2, 0.25) is 5.91 Å². The zero-order chi connectivity index (χ0) is 25.6. The summed E-state index contributed by atoms with van der Waals surface area (Å²) < 4.78 is 0. The average molecular weight is 494 g/mol. The quantitative estimate of drug-likeness (QED) is 0.391. The summed E-state index contributed by atoms with van der Waals surface area (Å²) in [5, 5.41) is 4.59. The molecule has 0 aliphatic carbocycles. The van der Waals surface area contributed by atoms with Gasteiger partial charge in [0.25, 0.3) is 0 Å². The molecule has 2 aliphatic rings. The largest absolute Gasteiger partial charge is 0.384 e. The van der Waals surface area contributed by atoms with E-state index in [4.69, 9.17) is 4.98 Å². The minimum absolute atomic E-state index is 0.251. The zero-order valence-corrected chi connectivity index (χ0v) is 22.0. The van der Waals surface area contributed by atoms with Crippen molar-refractivity contribution in [3.63, 3.8) is 0 Å². The molecular formula is C31H35N5O. The number of carbonyl (C=O) groups excluding carboxylic acids is 1. The monoisotopic (exact) mass is 493 g/mol. The lowest BCUT2D eigenvalue weighted by Crippen LogP contribution is -2.51. The van der Waals surface area contributed by atoms with Crippen LogP contribution in [-0.2, 0) is 17.8 Å². The summed E-state index contributed by atoms with van der Waals surface area (Å²) in [6.07, 6.45) is 5.10. The highest BCUT2D eigenvalue weighted by atomic mass is 16.2. The van der Waals surface area contributed by atoms with Crippen LogP contribution in [0.15, 0.2) is 60.9 Å². The number of benzene rings is 2. The van der Waals surface area contributed by atoms with Crippen LogP contribution in [-0.4, -0.2) is 58.4 Å². The maximum absolute atomic E-state index is 12.6. The predicted molar refractivity (Wildman–Crippen MR) is 150 cm³/mol. The van der Waals surface area contributed by atoms with Crippen LogP contribution in [0, 0.1) is 5.41 Å². The Hall–Kier alpha value is -3.64. The standard InChI is InChI=1S/C31H35N5O/c1-31(2,3)30(37)36-14-12-35(13-15-36)20-21-4-6-22(7-5-21)25-17-26-27(19-34-29(26)33-18-25)23-8-9-28-24(16-23)10-11-32-28/h4-9,16-19,32H,10-15,20H2,1-3H3,(H,33,34). The van der Waals surface area contributed by atoms with E-state index in [9.17, 15) is 4.79 Å². The molecular weight excluding hydrogens is 458 g/mol. The molecule has 0 saturated carbocycles. The minimum Gasteiger partial charge on any atom is -0.384 e. The lowest BCUT2D eigenvalue weighted by Gasteiger charge is -2.37. The molecule has 6 heteroatoms. The molecule has 0 unspecified atom stereocenters. The molecule has 0 atom stereocenters. The van der Waals surface area contributed by atoms with E-state index in [-0.39, 0.29) is 11.3 Å². The van der Waals surface area contributed by atoms with Gasteiger partial charge in [-0.05, 0) is 46.9 Å². The summed E-state index contributed by atoms with van der Waals surface area (Å²) >= 11 is 0. The first-order valence-electron chi connectivity index (χ1n) is 13.3. The summed E-state index contributed by atoms with van der Waals surface area (Å²) in [5.41, 5.74) is 9.25. The number of hydrogen-bond donors (Lipinski definition) is 2. The van der Waals surface area contributed by atoms with Crippen LogP contribution in [0.1, 0.15) is 31.9 Å². The molecule has 2 aromatic carbocycles. The normalized spacial score (nSPS) is 16.1. The van der Waals surface area contributed by atoms with Crippen LogP contribution in [0.3, 0.4) is 0 Å². The third kappa shape index (κ3) is 4.74. The SMILES string of the molecule is CC(C)(C)C(=O)N1CCN(Cc2ccc(-c3cnc4[nH]cc(-c5ccc6c(c5)CCN6)c4c3)cc2)CC1. The minimum atomic E-state index is -0.310. The van der Waals surface area contributed by atoms with Crippen LogP contribution < -0.4 is 5.32 Å². The summed E-state index contributed by atoms with van der Waals surface area (Å²) in [4.78, 5) is 25.1. The van der Waals surface area contributed by atoms with Crippen LogP contribution in [0.25, 0.3) is 33.3 Å². The Morgan fingerprint density at radius 2 is 1.70 bits per heavy atom. The Bertz CT molecular complexity index is 1440. The van der Waals surface area contributed by atoms with E-state index in [2.05, 4.69) is 69.9 Å². The Morgan fingerprint density at radius 3 is 2.46 bits per heavy atom. The van der Waals surface area contributed by atoms with Gasteiger partial charge in [-0.15, -0.1) is 0 Å². The summed E-state index contributed by atoms with van der Waals surface area (Å²) in [6, 6.07) is 17.8. The molecule has 2 N–H and O–H groups in total. The first-order chi connectivity index (χ1) is 17.8. The van der Waals surface area contributed by atoms with Crippen molar-refractivity contribution in [2.75, 3.05) is 38.0 Å². The molecule has 1 saturated heterocycles. The van der Waals surface area contributed by atoms with Crippen LogP contribution in [0.2, 0.25) is 0 Å². The molecule has 1 amide bonds. The number of hydrogen-bond acceptors (Lipinski definition) is 4. The second-order valence-electron chi connectivity index (χ2n) is 11.4. The van der Waals surface area contributed by atoms with Gasteiger partial charge in [0.15, 0.2) is 0 Å². The number of pyridine rings is 1. The highest BCUT2D eigenvalue weighted by molar-refractivity contribution is 5.96. The molecule has 190 valence electrons. The third-order valence-corrected chi connectivity index (χ3v) is 7.65. The van der Waals surface area contributed by atoms with Crippen LogP contribution in [0.4, 0.5) is 5.69 Å². The van der Waals surface area contributed by atoms with E-state index < -0.39 is 0 Å². The van der Waals surface area contributed by atoms with Crippen molar-refractivity contribution in [1.29, 1.82) is 0 Å². The van der Waals surface area contributed by atoms with Gasteiger partial charge in [-0.1, -0.05) is 51.1 Å². The van der Waals surface area contributed by atoms with E-state index in [0.717, 1.165) is 62.3 Å². The number of piperazine rings is 1. The fourth-order valence-corrected chi connectivity index (χ4v) is 5.52. The van der Waals surface area contributed by atoms with Crippen molar-refractivity contribution in [1.82, 2.24) is 19.8 Å². The van der Waals surface area contributed by atoms with Crippen molar-refractivity contribution < 1.29 is 4.79 Å². The van der Waals surface area contributed by atoms with E-state index >= 15 is 0 Å². The molecule has 2 aromatic heterocycles. The van der Waals surface area contributed by atoms with Gasteiger partial charge < -0.3 is 15.2 Å². The molecule has 1 fully saturated rings. The Morgan fingerprint density at radius 1 is 0.946 bits per heavy atom. The highest BCUT2D eigenvalue weighted by Gasteiger charge is 2.29. The topological polar surface area (TPSA) is 64.3 Å². The van der Waals surface area contributed by atoms with E-state index in [0.29, 0.717) is 0 Å². The second-order valence-corrected chi connectivity index (χ2v) is 11.4. The molecule has 0 bridgehead atoms. The van der Waals surface area contributed by atoms with Gasteiger partial charge in [0, 0.05) is 79.3 Å². The van der Waals surface area contributed by atoms with E-state index in [1.807, 2.05) is 31.9 Å². The zero-order valence-electron chi connectivity index (χ0n) is 22.0. The van der Waals surface area contributed by atoms with Crippen LogP contribution in [0.5, 0.6) is 0 Å². The predicted octanol–water partition coefficient (Wildman–Crippen LogP) is 5.56. The summed E-state index contributed by atoms with van der Waals surface area (Å²) in [5.74, 6) is 0.251. The number of rotatable bonds is 4. The van der Waals surface area contributed by atoms with Crippen LogP contribution >= 0.6 is 0 Å². The number of nitrogens with one attached hydrogen (secondary N) is 2. The van der Waals surface area contributed by atoms with Gasteiger partial charge in [-0.3, -0.25) is 9.69 Å². The van der Waals surface area contributed by atoms with Crippen molar-refractivity contribution in [3.8, 4) is 22.3 Å². The third-order valence-electron chi connectivity index (χ3n) is 7.65. The van der Waals surface area contributed by atoms with E-state index in [1.54, 1.807) is 0 Å². The first-order valence-corrected chi connectivity index (χ1v) is 13.3. The number of H-pyrrole nitrogens is 1. The molecule has 37 heavy (non-hydrogen) atoms. The fraction of sp³-hybridized carbons (Fsp3) is 0.355. The highest BCUT2D eigenvalue weighted by Crippen LogP contribution is 2.34. The number of nitrogens with zero attached hydrogens (tertiary/aromatic N) is 3. The molecule has 2 aliphatic heterocycles. The smallest absolute Gasteiger partial charge is 0.228 e. The van der Waals surface area contributed by atoms with Crippen molar-refractivity contribution in [2.24, 2.45) is 5.41 Å². The Balaban J connectivity index is 1.16. The number of aromatic amines is 1. The number of aromatic nitrogens is 2. The summed E-state index contributed by atoms with van der Waals surface area (Å²) in [7, 11) is 0. The molecule has 0 radical (unpaired) electrons. The van der Waals surface area contributed by atoms with Crippen molar-refractivity contribution in [3.05, 3.63) is 72.1 Å². The average Bonchev–Trinajstić information content (AvgIpc) is 3.55. The van der Waals surface area contributed by atoms with Crippen molar-refractivity contribution >= 4 is 22.6 Å². The Labute approximate surface area is 218 Å². The maximum atomic E-state index is 12.6. The summed E-state index contributed by atoms with van der Waals surface area (Å²) in [6.45, 7) is 11.4. The lowest BCUT2D eigenvalue weighted by molar-refractivity contribution is -0.141. The van der Waals surface area contributed by atoms with Gasteiger partial charge in [-0.25, -0.2) is 4.98 Å². The lowest BCUT2D eigenvalue weighted by atomic mass is 9.94. The van der Waals surface area contributed by atoms with Crippen molar-refractivity contribution in [2.45, 2.75) is 33.7 Å². The molecule has 4 heterocycles. The van der Waals surface area contributed by atoms with E-state index in [1.165, 1.54) is 33.5 Å². The molecule has 0 spiro atoms. The maximum Gasteiger partial charge on any atom is 0.228 e. The number of carbonyl (C=O) groups is 1. The molecule has 4 aromatic rings. The van der Waals surface area contributed by atoms with Gasteiger partial charge in [0.1, 0.15) is 5.65 Å². The molecule has 6 rings (SSSR count). The fourth-order valence-electron chi connectivity index (χ4n) is 5.52. The van der Waals surface area contributed by atoms with Gasteiger partial charge >= 0.3 is 0 Å². The number of amides is 1. The van der Waals surface area contributed by atoms with Gasteiger partial charge in [0.05, 0.1) is 0 Å². The molecule has 6 nitrogen and oxygen atoms in total. The second kappa shape index (κ2) is 9.34. The Kier molecular flexibility index (Phi) is 6.00. The number of fused-ring (bicyclic) bond motifs is 2.